The van der Waals surface area contributed by atoms with Gasteiger partial charge in [-0.3, -0.25) is 4.79 Å². The molecule has 0 saturated heterocycles. The highest BCUT2D eigenvalue weighted by atomic mass is 35.5. The Hall–Kier alpha value is -2.56. The molecule has 1 heterocycles. The van der Waals surface area contributed by atoms with Gasteiger partial charge in [0.05, 0.1) is 15.9 Å². The lowest BCUT2D eigenvalue weighted by atomic mass is 10.2. The van der Waals surface area contributed by atoms with E-state index in [0.29, 0.717) is 27.6 Å². The first-order valence-corrected chi connectivity index (χ1v) is 8.23. The molecule has 0 aliphatic rings. The summed E-state index contributed by atoms with van der Waals surface area (Å²) in [5.41, 5.74) is 1.08. The standard InChI is InChI=1S/C19H14Cl2N2O2/c1-2-9-25-14-6-3-12(4-7-14)10-16(21)18-22-17-11-13(20)5-8-15(17)19(24)23-18/h2-8,10-11H,1,9H2,(H,22,23,24)/b16-10-. The highest BCUT2D eigenvalue weighted by Crippen LogP contribution is 2.22. The third-order valence-electron chi connectivity index (χ3n) is 3.44. The number of halogens is 2. The Kier molecular flexibility index (Phi) is 5.22. The molecule has 0 spiro atoms. The number of rotatable bonds is 5. The van der Waals surface area contributed by atoms with Crippen molar-refractivity contribution in [2.75, 3.05) is 6.61 Å². The molecule has 0 atom stereocenters. The van der Waals surface area contributed by atoms with Crippen LogP contribution in [0.15, 0.2) is 59.9 Å². The zero-order chi connectivity index (χ0) is 17.8. The molecule has 25 heavy (non-hydrogen) atoms. The number of aromatic nitrogens is 2. The average molecular weight is 373 g/mol. The van der Waals surface area contributed by atoms with Gasteiger partial charge in [-0.1, -0.05) is 48.0 Å². The molecule has 4 nitrogen and oxygen atoms in total. The molecule has 0 radical (unpaired) electrons. The summed E-state index contributed by atoms with van der Waals surface area (Å²) in [6, 6.07) is 12.3. The molecule has 0 amide bonds. The minimum Gasteiger partial charge on any atom is -0.490 e. The number of nitrogens with one attached hydrogen (secondary N) is 1. The predicted molar refractivity (Wildman–Crippen MR) is 103 cm³/mol. The van der Waals surface area contributed by atoms with E-state index in [2.05, 4.69) is 16.5 Å². The van der Waals surface area contributed by atoms with Crippen molar-refractivity contribution in [2.24, 2.45) is 0 Å². The molecular formula is C19H14Cl2N2O2. The second kappa shape index (κ2) is 7.55. The van der Waals surface area contributed by atoms with Crippen LogP contribution in [0.5, 0.6) is 5.75 Å². The van der Waals surface area contributed by atoms with Crippen LogP contribution >= 0.6 is 23.2 Å². The van der Waals surface area contributed by atoms with Crippen LogP contribution < -0.4 is 10.3 Å². The monoisotopic (exact) mass is 372 g/mol. The van der Waals surface area contributed by atoms with E-state index in [9.17, 15) is 4.79 Å². The van der Waals surface area contributed by atoms with Crippen molar-refractivity contribution in [3.8, 4) is 5.75 Å². The molecule has 0 aliphatic carbocycles. The maximum atomic E-state index is 12.2. The first kappa shape index (κ1) is 17.3. The molecule has 126 valence electrons. The Morgan fingerprint density at radius 1 is 1.24 bits per heavy atom. The lowest BCUT2D eigenvalue weighted by Gasteiger charge is -2.04. The molecule has 3 aromatic rings. The molecule has 0 unspecified atom stereocenters. The smallest absolute Gasteiger partial charge is 0.259 e. The number of benzene rings is 2. The summed E-state index contributed by atoms with van der Waals surface area (Å²) >= 11 is 12.3. The maximum Gasteiger partial charge on any atom is 0.259 e. The first-order chi connectivity index (χ1) is 12.1. The molecule has 1 aromatic heterocycles. The van der Waals surface area contributed by atoms with Crippen molar-refractivity contribution < 1.29 is 4.74 Å². The van der Waals surface area contributed by atoms with Crippen LogP contribution in [-0.4, -0.2) is 16.6 Å². The fraction of sp³-hybridized carbons (Fsp3) is 0.0526. The third-order valence-corrected chi connectivity index (χ3v) is 3.96. The Morgan fingerprint density at radius 3 is 2.72 bits per heavy atom. The summed E-state index contributed by atoms with van der Waals surface area (Å²) in [5.74, 6) is 1.02. The van der Waals surface area contributed by atoms with Crippen LogP contribution in [0.4, 0.5) is 0 Å². The normalized spacial score (nSPS) is 11.5. The minimum atomic E-state index is -0.267. The predicted octanol–water partition coefficient (Wildman–Crippen LogP) is 4.88. The summed E-state index contributed by atoms with van der Waals surface area (Å²) in [4.78, 5) is 19.2. The number of H-pyrrole nitrogens is 1. The average Bonchev–Trinajstić information content (AvgIpc) is 2.60. The van der Waals surface area contributed by atoms with Gasteiger partial charge in [-0.05, 0) is 42.0 Å². The van der Waals surface area contributed by atoms with E-state index < -0.39 is 0 Å². The second-order valence-electron chi connectivity index (χ2n) is 5.24. The number of hydrogen-bond acceptors (Lipinski definition) is 3. The molecule has 2 aromatic carbocycles. The molecule has 6 heteroatoms. The lowest BCUT2D eigenvalue weighted by molar-refractivity contribution is 0.363. The number of fused-ring (bicyclic) bond motifs is 1. The minimum absolute atomic E-state index is 0.267. The Balaban J connectivity index is 1.93. The van der Waals surface area contributed by atoms with Gasteiger partial charge in [0.15, 0.2) is 5.82 Å². The molecule has 0 aliphatic heterocycles. The summed E-state index contributed by atoms with van der Waals surface area (Å²) in [6.45, 7) is 4.05. The van der Waals surface area contributed by atoms with Gasteiger partial charge in [-0.25, -0.2) is 4.98 Å². The fourth-order valence-corrected chi connectivity index (χ4v) is 2.64. The van der Waals surface area contributed by atoms with E-state index >= 15 is 0 Å². The maximum absolute atomic E-state index is 12.2. The Bertz CT molecular complexity index is 1010. The number of nitrogens with zero attached hydrogens (tertiary/aromatic N) is 1. The number of ether oxygens (including phenoxy) is 1. The van der Waals surface area contributed by atoms with Crippen molar-refractivity contribution in [1.82, 2.24) is 9.97 Å². The Labute approximate surface area is 154 Å². The van der Waals surface area contributed by atoms with Gasteiger partial charge in [0.1, 0.15) is 12.4 Å². The van der Waals surface area contributed by atoms with Gasteiger partial charge < -0.3 is 9.72 Å². The first-order valence-electron chi connectivity index (χ1n) is 7.48. The Morgan fingerprint density at radius 2 is 2.00 bits per heavy atom. The summed E-state index contributed by atoms with van der Waals surface area (Å²) in [7, 11) is 0. The van der Waals surface area contributed by atoms with Crippen LogP contribution in [0, 0.1) is 0 Å². The van der Waals surface area contributed by atoms with Crippen LogP contribution in [0.3, 0.4) is 0 Å². The lowest BCUT2D eigenvalue weighted by Crippen LogP contribution is -2.10. The van der Waals surface area contributed by atoms with E-state index in [1.807, 2.05) is 24.3 Å². The van der Waals surface area contributed by atoms with Crippen molar-refractivity contribution in [1.29, 1.82) is 0 Å². The molecular weight excluding hydrogens is 359 g/mol. The zero-order valence-electron chi connectivity index (χ0n) is 13.1. The van der Waals surface area contributed by atoms with Gasteiger partial charge in [0, 0.05) is 5.02 Å². The third kappa shape index (κ3) is 4.10. The van der Waals surface area contributed by atoms with E-state index in [0.717, 1.165) is 11.3 Å². The molecule has 0 bridgehead atoms. The van der Waals surface area contributed by atoms with Crippen molar-refractivity contribution in [3.05, 3.63) is 81.9 Å². The van der Waals surface area contributed by atoms with Crippen LogP contribution in [-0.2, 0) is 0 Å². The van der Waals surface area contributed by atoms with Gasteiger partial charge in [-0.15, -0.1) is 0 Å². The van der Waals surface area contributed by atoms with Crippen molar-refractivity contribution in [3.63, 3.8) is 0 Å². The fourth-order valence-electron chi connectivity index (χ4n) is 2.26. The summed E-state index contributed by atoms with van der Waals surface area (Å²) in [5, 5.41) is 1.28. The topological polar surface area (TPSA) is 55.0 Å². The van der Waals surface area contributed by atoms with E-state index in [4.69, 9.17) is 27.9 Å². The van der Waals surface area contributed by atoms with E-state index in [1.54, 1.807) is 30.4 Å². The largest absolute Gasteiger partial charge is 0.490 e. The van der Waals surface area contributed by atoms with Gasteiger partial charge in [0.25, 0.3) is 5.56 Å². The van der Waals surface area contributed by atoms with Gasteiger partial charge >= 0.3 is 0 Å². The van der Waals surface area contributed by atoms with Gasteiger partial charge in [0.2, 0.25) is 0 Å². The summed E-state index contributed by atoms with van der Waals surface area (Å²) < 4.78 is 5.43. The van der Waals surface area contributed by atoms with Crippen LogP contribution in [0.1, 0.15) is 11.4 Å². The van der Waals surface area contributed by atoms with Crippen molar-refractivity contribution in [2.45, 2.75) is 0 Å². The molecule has 0 saturated carbocycles. The highest BCUT2D eigenvalue weighted by molar-refractivity contribution is 6.50. The van der Waals surface area contributed by atoms with Crippen LogP contribution in [0.2, 0.25) is 5.02 Å². The van der Waals surface area contributed by atoms with Gasteiger partial charge in [-0.2, -0.15) is 0 Å². The number of hydrogen-bond donors (Lipinski definition) is 1. The summed E-state index contributed by atoms with van der Waals surface area (Å²) in [6.07, 6.45) is 3.40. The van der Waals surface area contributed by atoms with Crippen LogP contribution in [0.25, 0.3) is 22.0 Å². The second-order valence-corrected chi connectivity index (χ2v) is 6.08. The highest BCUT2D eigenvalue weighted by Gasteiger charge is 2.07. The molecule has 3 rings (SSSR count). The SMILES string of the molecule is C=CCOc1ccc(/C=C(\Cl)c2nc3cc(Cl)ccc3c(=O)[nH]2)cc1. The van der Waals surface area contributed by atoms with Crippen molar-refractivity contribution >= 4 is 45.2 Å². The quantitative estimate of drug-likeness (QED) is 0.649. The van der Waals surface area contributed by atoms with E-state index in [1.165, 1.54) is 0 Å². The zero-order valence-corrected chi connectivity index (χ0v) is 14.6. The number of aromatic amines is 1. The molecule has 1 N–H and O–H groups in total. The molecule has 0 fully saturated rings. The van der Waals surface area contributed by atoms with E-state index in [-0.39, 0.29) is 11.4 Å².